The molecule has 3 aromatic rings. The number of nitriles is 1. The highest BCUT2D eigenvalue weighted by molar-refractivity contribution is 5.50. The lowest BCUT2D eigenvalue weighted by Gasteiger charge is -2.20. The zero-order valence-electron chi connectivity index (χ0n) is 12.6. The van der Waals surface area contributed by atoms with E-state index in [1.807, 2.05) is 43.3 Å². The Balaban J connectivity index is 2.04. The molecule has 0 saturated heterocycles. The Morgan fingerprint density at radius 3 is 2.61 bits per heavy atom. The first-order chi connectivity index (χ1) is 11.3. The molecule has 0 amide bonds. The van der Waals surface area contributed by atoms with Gasteiger partial charge in [-0.25, -0.2) is 9.97 Å². The molecule has 1 unspecified atom stereocenters. The van der Waals surface area contributed by atoms with Crippen LogP contribution in [0.1, 0.15) is 28.6 Å². The van der Waals surface area contributed by atoms with Gasteiger partial charge in [0.05, 0.1) is 11.7 Å². The number of hydrogen-bond donors (Lipinski definition) is 1. The average molecular weight is 301 g/mol. The summed E-state index contributed by atoms with van der Waals surface area (Å²) in [6, 6.07) is 15.8. The van der Waals surface area contributed by atoms with Gasteiger partial charge in [-0.15, -0.1) is 0 Å². The maximum atomic E-state index is 9.21. The van der Waals surface area contributed by atoms with Crippen molar-refractivity contribution in [3.05, 3.63) is 83.6 Å². The Kier molecular flexibility index (Phi) is 4.25. The van der Waals surface area contributed by atoms with E-state index >= 15 is 0 Å². The number of benzene rings is 1. The minimum absolute atomic E-state index is 0.208. The molecule has 0 spiro atoms. The molecule has 3 rings (SSSR count). The molecule has 5 heteroatoms. The molecule has 1 aromatic carbocycles. The van der Waals surface area contributed by atoms with Crippen molar-refractivity contribution in [2.75, 3.05) is 5.32 Å². The molecular weight excluding hydrogens is 286 g/mol. The Bertz CT molecular complexity index is 839. The van der Waals surface area contributed by atoms with Crippen LogP contribution in [-0.4, -0.2) is 15.0 Å². The van der Waals surface area contributed by atoms with E-state index in [-0.39, 0.29) is 11.7 Å². The number of pyridine rings is 1. The predicted molar refractivity (Wildman–Crippen MR) is 87.6 cm³/mol. The number of rotatable bonds is 4. The van der Waals surface area contributed by atoms with Crippen LogP contribution in [0.15, 0.2) is 61.1 Å². The van der Waals surface area contributed by atoms with E-state index in [9.17, 15) is 5.26 Å². The van der Waals surface area contributed by atoms with Gasteiger partial charge in [-0.05, 0) is 24.6 Å². The first-order valence-corrected chi connectivity index (χ1v) is 7.23. The molecule has 0 saturated carbocycles. The van der Waals surface area contributed by atoms with E-state index in [0.717, 1.165) is 16.8 Å². The summed E-state index contributed by atoms with van der Waals surface area (Å²) in [7, 11) is 0. The van der Waals surface area contributed by atoms with Gasteiger partial charge in [0.15, 0.2) is 11.5 Å². The maximum Gasteiger partial charge on any atom is 0.183 e. The Hall–Kier alpha value is -3.26. The number of nitrogens with one attached hydrogen (secondary N) is 1. The molecule has 1 N–H and O–H groups in total. The van der Waals surface area contributed by atoms with Crippen LogP contribution in [-0.2, 0) is 0 Å². The molecule has 0 bridgehead atoms. The third kappa shape index (κ3) is 3.33. The van der Waals surface area contributed by atoms with Crippen molar-refractivity contribution in [2.45, 2.75) is 13.0 Å². The van der Waals surface area contributed by atoms with Gasteiger partial charge < -0.3 is 5.32 Å². The smallest absolute Gasteiger partial charge is 0.183 e. The number of aromatic nitrogens is 3. The monoisotopic (exact) mass is 301 g/mol. The molecule has 1 atom stereocenters. The van der Waals surface area contributed by atoms with Gasteiger partial charge in [0.25, 0.3) is 0 Å². The van der Waals surface area contributed by atoms with Crippen molar-refractivity contribution in [2.24, 2.45) is 0 Å². The van der Waals surface area contributed by atoms with E-state index in [1.165, 1.54) is 6.20 Å². The molecular formula is C18H15N5. The Morgan fingerprint density at radius 2 is 1.87 bits per heavy atom. The fraction of sp³-hybridized carbons (Fsp3) is 0.111. The van der Waals surface area contributed by atoms with Crippen LogP contribution in [0, 0.1) is 18.3 Å². The molecule has 0 aliphatic heterocycles. The lowest BCUT2D eigenvalue weighted by atomic mass is 10.0. The van der Waals surface area contributed by atoms with Crippen LogP contribution < -0.4 is 5.32 Å². The van der Waals surface area contributed by atoms with Crippen LogP contribution in [0.2, 0.25) is 0 Å². The second-order valence-corrected chi connectivity index (χ2v) is 5.11. The second kappa shape index (κ2) is 6.67. The van der Waals surface area contributed by atoms with Crippen molar-refractivity contribution >= 4 is 5.82 Å². The van der Waals surface area contributed by atoms with Crippen LogP contribution in [0.25, 0.3) is 0 Å². The summed E-state index contributed by atoms with van der Waals surface area (Å²) >= 11 is 0. The van der Waals surface area contributed by atoms with Crippen LogP contribution in [0.5, 0.6) is 0 Å². The summed E-state index contributed by atoms with van der Waals surface area (Å²) in [6.45, 7) is 2.04. The lowest BCUT2D eigenvalue weighted by Crippen LogP contribution is -2.16. The average Bonchev–Trinajstić information content (AvgIpc) is 2.60. The van der Waals surface area contributed by atoms with Gasteiger partial charge in [0.2, 0.25) is 0 Å². The second-order valence-electron chi connectivity index (χ2n) is 5.11. The SMILES string of the molecule is Cc1cccc(C(Nc2nccnc2C#N)c2ccccn2)c1. The van der Waals surface area contributed by atoms with Gasteiger partial charge >= 0.3 is 0 Å². The van der Waals surface area contributed by atoms with Gasteiger partial charge in [0.1, 0.15) is 6.07 Å². The Labute approximate surface area is 134 Å². The topological polar surface area (TPSA) is 74.5 Å². The summed E-state index contributed by atoms with van der Waals surface area (Å²) < 4.78 is 0. The van der Waals surface area contributed by atoms with Gasteiger partial charge in [0, 0.05) is 18.6 Å². The molecule has 0 fully saturated rings. The highest BCUT2D eigenvalue weighted by Crippen LogP contribution is 2.25. The van der Waals surface area contributed by atoms with Crippen molar-refractivity contribution in [3.8, 4) is 6.07 Å². The maximum absolute atomic E-state index is 9.21. The van der Waals surface area contributed by atoms with Crippen LogP contribution >= 0.6 is 0 Å². The summed E-state index contributed by atoms with van der Waals surface area (Å²) in [5.74, 6) is 0.451. The first-order valence-electron chi connectivity index (χ1n) is 7.23. The van der Waals surface area contributed by atoms with Crippen molar-refractivity contribution < 1.29 is 0 Å². The van der Waals surface area contributed by atoms with E-state index < -0.39 is 0 Å². The van der Waals surface area contributed by atoms with E-state index in [1.54, 1.807) is 12.4 Å². The highest BCUT2D eigenvalue weighted by Gasteiger charge is 2.18. The molecule has 0 aliphatic carbocycles. The third-order valence-electron chi connectivity index (χ3n) is 3.44. The van der Waals surface area contributed by atoms with Crippen LogP contribution in [0.3, 0.4) is 0 Å². The van der Waals surface area contributed by atoms with E-state index in [4.69, 9.17) is 0 Å². The minimum atomic E-state index is -0.208. The van der Waals surface area contributed by atoms with Crippen molar-refractivity contribution in [1.82, 2.24) is 15.0 Å². The third-order valence-corrected chi connectivity index (χ3v) is 3.44. The number of hydrogen-bond acceptors (Lipinski definition) is 5. The molecule has 23 heavy (non-hydrogen) atoms. The molecule has 112 valence electrons. The van der Waals surface area contributed by atoms with Gasteiger partial charge in [-0.1, -0.05) is 35.9 Å². The van der Waals surface area contributed by atoms with Crippen LogP contribution in [0.4, 0.5) is 5.82 Å². The molecule has 2 heterocycles. The van der Waals surface area contributed by atoms with Crippen molar-refractivity contribution in [1.29, 1.82) is 5.26 Å². The van der Waals surface area contributed by atoms with Gasteiger partial charge in [-0.3, -0.25) is 4.98 Å². The predicted octanol–water partition coefficient (Wildman–Crippen LogP) is 3.25. The first kappa shape index (κ1) is 14.7. The molecule has 2 aromatic heterocycles. The lowest BCUT2D eigenvalue weighted by molar-refractivity contribution is 0.872. The Morgan fingerprint density at radius 1 is 1.00 bits per heavy atom. The zero-order valence-corrected chi connectivity index (χ0v) is 12.6. The molecule has 0 aliphatic rings. The molecule has 5 nitrogen and oxygen atoms in total. The quantitative estimate of drug-likeness (QED) is 0.800. The summed E-state index contributed by atoms with van der Waals surface area (Å²) in [5, 5.41) is 12.5. The normalized spacial score (nSPS) is 11.5. The highest BCUT2D eigenvalue weighted by atomic mass is 15.1. The van der Waals surface area contributed by atoms with E-state index in [0.29, 0.717) is 5.82 Å². The van der Waals surface area contributed by atoms with Crippen molar-refractivity contribution in [3.63, 3.8) is 0 Å². The van der Waals surface area contributed by atoms with Gasteiger partial charge in [-0.2, -0.15) is 5.26 Å². The minimum Gasteiger partial charge on any atom is -0.355 e. The number of aryl methyl sites for hydroxylation is 1. The fourth-order valence-electron chi connectivity index (χ4n) is 2.39. The number of nitrogens with zero attached hydrogens (tertiary/aromatic N) is 4. The fourth-order valence-corrected chi connectivity index (χ4v) is 2.39. The largest absolute Gasteiger partial charge is 0.355 e. The van der Waals surface area contributed by atoms with E-state index in [2.05, 4.69) is 32.4 Å². The standard InChI is InChI=1S/C18H15N5/c1-13-5-4-6-14(11-13)17(15-7-2-3-8-20-15)23-18-16(12-19)21-9-10-22-18/h2-11,17H,1H3,(H,22,23). The number of anilines is 1. The molecule has 0 radical (unpaired) electrons. The summed E-state index contributed by atoms with van der Waals surface area (Å²) in [4.78, 5) is 12.7. The zero-order chi connectivity index (χ0) is 16.1. The summed E-state index contributed by atoms with van der Waals surface area (Å²) in [5.41, 5.74) is 3.33. The summed E-state index contributed by atoms with van der Waals surface area (Å²) in [6.07, 6.45) is 4.82.